The molecule has 1 aromatic heterocycles. The van der Waals surface area contributed by atoms with E-state index < -0.39 is 5.97 Å². The van der Waals surface area contributed by atoms with E-state index in [0.717, 1.165) is 16.5 Å². The lowest BCUT2D eigenvalue weighted by atomic mass is 10.0. The van der Waals surface area contributed by atoms with Gasteiger partial charge in [0.15, 0.2) is 0 Å². The summed E-state index contributed by atoms with van der Waals surface area (Å²) in [5.74, 6) is -0.799. The van der Waals surface area contributed by atoms with Gasteiger partial charge in [-0.05, 0) is 37.6 Å². The minimum atomic E-state index is -0.460. The van der Waals surface area contributed by atoms with E-state index >= 15 is 0 Å². The lowest BCUT2D eigenvalue weighted by Crippen LogP contribution is -2.18. The molecule has 0 saturated carbocycles. The number of aromatic nitrogens is 1. The standard InChI is InChI=1S/C20H20FNO3/c1-3-25-20(24)19-18(14-8-10-15(21)11-9-14)16-6-4-5-7-17(16)22(19)13(2)12-23/h4-11,13,23H,3,12H2,1-2H3. The summed E-state index contributed by atoms with van der Waals surface area (Å²) in [7, 11) is 0. The molecule has 130 valence electrons. The molecule has 1 N–H and O–H groups in total. The van der Waals surface area contributed by atoms with Crippen molar-refractivity contribution >= 4 is 16.9 Å². The van der Waals surface area contributed by atoms with E-state index in [1.807, 2.05) is 31.2 Å². The topological polar surface area (TPSA) is 51.5 Å². The maximum atomic E-state index is 13.4. The monoisotopic (exact) mass is 341 g/mol. The lowest BCUT2D eigenvalue weighted by Gasteiger charge is -2.16. The van der Waals surface area contributed by atoms with Gasteiger partial charge < -0.3 is 14.4 Å². The first-order chi connectivity index (χ1) is 12.1. The minimum absolute atomic E-state index is 0.117. The average molecular weight is 341 g/mol. The smallest absolute Gasteiger partial charge is 0.355 e. The number of aliphatic hydroxyl groups excluding tert-OH is 1. The van der Waals surface area contributed by atoms with Crippen LogP contribution >= 0.6 is 0 Å². The summed E-state index contributed by atoms with van der Waals surface area (Å²) in [6.07, 6.45) is 0. The molecule has 3 rings (SSSR count). The number of fused-ring (bicyclic) bond motifs is 1. The van der Waals surface area contributed by atoms with Gasteiger partial charge in [-0.15, -0.1) is 0 Å². The van der Waals surface area contributed by atoms with Crippen LogP contribution in [0.15, 0.2) is 48.5 Å². The Morgan fingerprint density at radius 1 is 1.20 bits per heavy atom. The Balaban J connectivity index is 2.38. The van der Waals surface area contributed by atoms with Crippen molar-refractivity contribution in [1.82, 2.24) is 4.57 Å². The number of benzene rings is 2. The first-order valence-electron chi connectivity index (χ1n) is 8.25. The maximum Gasteiger partial charge on any atom is 0.355 e. The van der Waals surface area contributed by atoms with Crippen LogP contribution < -0.4 is 0 Å². The fourth-order valence-corrected chi connectivity index (χ4v) is 3.11. The number of hydrogen-bond donors (Lipinski definition) is 1. The Morgan fingerprint density at radius 2 is 1.88 bits per heavy atom. The molecule has 0 saturated heterocycles. The number of carbonyl (C=O) groups excluding carboxylic acids is 1. The lowest BCUT2D eigenvalue weighted by molar-refractivity contribution is 0.0511. The molecular weight excluding hydrogens is 321 g/mol. The van der Waals surface area contributed by atoms with Crippen LogP contribution in [0.3, 0.4) is 0 Å². The summed E-state index contributed by atoms with van der Waals surface area (Å²) in [5.41, 5.74) is 2.61. The maximum absolute atomic E-state index is 13.4. The SMILES string of the molecule is CCOC(=O)c1c(-c2ccc(F)cc2)c2ccccc2n1C(C)CO. The zero-order valence-corrected chi connectivity index (χ0v) is 14.2. The quantitative estimate of drug-likeness (QED) is 0.709. The summed E-state index contributed by atoms with van der Waals surface area (Å²) >= 11 is 0. The van der Waals surface area contributed by atoms with Crippen LogP contribution in [0.1, 0.15) is 30.4 Å². The molecule has 1 heterocycles. The zero-order valence-electron chi connectivity index (χ0n) is 14.2. The molecule has 0 aliphatic carbocycles. The normalized spacial score (nSPS) is 12.3. The molecule has 2 aromatic carbocycles. The van der Waals surface area contributed by atoms with Crippen LogP contribution in [0.25, 0.3) is 22.0 Å². The van der Waals surface area contributed by atoms with Gasteiger partial charge in [0.05, 0.1) is 19.3 Å². The van der Waals surface area contributed by atoms with Gasteiger partial charge in [-0.3, -0.25) is 0 Å². The highest BCUT2D eigenvalue weighted by Gasteiger charge is 2.26. The van der Waals surface area contributed by atoms with Crippen LogP contribution in [0, 0.1) is 5.82 Å². The zero-order chi connectivity index (χ0) is 18.0. The third kappa shape index (κ3) is 3.03. The summed E-state index contributed by atoms with van der Waals surface area (Å²) < 4.78 is 20.4. The van der Waals surface area contributed by atoms with Gasteiger partial charge in [-0.1, -0.05) is 30.3 Å². The fraction of sp³-hybridized carbons (Fsp3) is 0.250. The second-order valence-electron chi connectivity index (χ2n) is 5.87. The largest absolute Gasteiger partial charge is 0.461 e. The third-order valence-electron chi connectivity index (χ3n) is 4.22. The molecule has 0 radical (unpaired) electrons. The van der Waals surface area contributed by atoms with E-state index in [9.17, 15) is 14.3 Å². The van der Waals surface area contributed by atoms with Crippen molar-refractivity contribution in [3.05, 3.63) is 60.0 Å². The highest BCUT2D eigenvalue weighted by atomic mass is 19.1. The van der Waals surface area contributed by atoms with E-state index in [1.165, 1.54) is 12.1 Å². The molecule has 5 heteroatoms. The van der Waals surface area contributed by atoms with Gasteiger partial charge in [0.25, 0.3) is 0 Å². The molecule has 25 heavy (non-hydrogen) atoms. The third-order valence-corrected chi connectivity index (χ3v) is 4.22. The number of rotatable bonds is 5. The Bertz CT molecular complexity index is 899. The molecule has 0 spiro atoms. The molecule has 0 bridgehead atoms. The van der Waals surface area contributed by atoms with E-state index in [0.29, 0.717) is 11.3 Å². The second kappa shape index (κ2) is 7.07. The summed E-state index contributed by atoms with van der Waals surface area (Å²) in [6.45, 7) is 3.71. The van der Waals surface area contributed by atoms with E-state index in [2.05, 4.69) is 0 Å². The Morgan fingerprint density at radius 3 is 2.52 bits per heavy atom. The highest BCUT2D eigenvalue weighted by Crippen LogP contribution is 2.37. The van der Waals surface area contributed by atoms with Crippen molar-refractivity contribution in [1.29, 1.82) is 0 Å². The van der Waals surface area contributed by atoms with Gasteiger partial charge >= 0.3 is 5.97 Å². The Hall–Kier alpha value is -2.66. The Labute approximate surface area is 145 Å². The summed E-state index contributed by atoms with van der Waals surface area (Å²) in [6, 6.07) is 13.3. The molecular formula is C20H20FNO3. The van der Waals surface area contributed by atoms with Crippen molar-refractivity contribution < 1.29 is 19.0 Å². The van der Waals surface area contributed by atoms with Crippen LogP contribution in [-0.2, 0) is 4.74 Å². The number of aliphatic hydroxyl groups is 1. The first kappa shape index (κ1) is 17.2. The molecule has 1 unspecified atom stereocenters. The van der Waals surface area contributed by atoms with Gasteiger partial charge in [0, 0.05) is 16.5 Å². The van der Waals surface area contributed by atoms with Crippen molar-refractivity contribution in [3.63, 3.8) is 0 Å². The van der Waals surface area contributed by atoms with Crippen molar-refractivity contribution in [3.8, 4) is 11.1 Å². The van der Waals surface area contributed by atoms with E-state index in [4.69, 9.17) is 4.74 Å². The van der Waals surface area contributed by atoms with Gasteiger partial charge in [-0.2, -0.15) is 0 Å². The number of carbonyl (C=O) groups is 1. The minimum Gasteiger partial charge on any atom is -0.461 e. The van der Waals surface area contributed by atoms with Gasteiger partial charge in [0.1, 0.15) is 11.5 Å². The number of halogens is 1. The van der Waals surface area contributed by atoms with Crippen molar-refractivity contribution in [2.24, 2.45) is 0 Å². The highest BCUT2D eigenvalue weighted by molar-refractivity contribution is 6.08. The van der Waals surface area contributed by atoms with Crippen molar-refractivity contribution in [2.45, 2.75) is 19.9 Å². The number of ether oxygens (including phenoxy) is 1. The molecule has 4 nitrogen and oxygen atoms in total. The molecule has 1 atom stereocenters. The number of hydrogen-bond acceptors (Lipinski definition) is 3. The summed E-state index contributed by atoms with van der Waals surface area (Å²) in [4.78, 5) is 12.7. The van der Waals surface area contributed by atoms with Gasteiger partial charge in [-0.25, -0.2) is 9.18 Å². The van der Waals surface area contributed by atoms with Crippen LogP contribution in [-0.4, -0.2) is 28.9 Å². The first-order valence-corrected chi connectivity index (χ1v) is 8.25. The van der Waals surface area contributed by atoms with Crippen molar-refractivity contribution in [2.75, 3.05) is 13.2 Å². The number of nitrogens with zero attached hydrogens (tertiary/aromatic N) is 1. The predicted molar refractivity (Wildman–Crippen MR) is 95.1 cm³/mol. The molecule has 3 aromatic rings. The van der Waals surface area contributed by atoms with Crippen LogP contribution in [0.4, 0.5) is 4.39 Å². The van der Waals surface area contributed by atoms with Gasteiger partial charge in [0.2, 0.25) is 0 Å². The van der Waals surface area contributed by atoms with E-state index in [1.54, 1.807) is 23.6 Å². The number of esters is 1. The van der Waals surface area contributed by atoms with Crippen LogP contribution in [0.2, 0.25) is 0 Å². The van der Waals surface area contributed by atoms with E-state index in [-0.39, 0.29) is 25.1 Å². The number of para-hydroxylation sites is 1. The predicted octanol–water partition coefficient (Wildman–Crippen LogP) is 4.18. The average Bonchev–Trinajstić information content (AvgIpc) is 2.97. The molecule has 0 aliphatic rings. The Kier molecular flexibility index (Phi) is 4.86. The molecule has 0 aliphatic heterocycles. The molecule has 0 fully saturated rings. The fourth-order valence-electron chi connectivity index (χ4n) is 3.11. The van der Waals surface area contributed by atoms with Crippen LogP contribution in [0.5, 0.6) is 0 Å². The summed E-state index contributed by atoms with van der Waals surface area (Å²) in [5, 5.41) is 10.5. The second-order valence-corrected chi connectivity index (χ2v) is 5.87. The molecule has 0 amide bonds.